The Kier molecular flexibility index (Phi) is 3.17. The summed E-state index contributed by atoms with van der Waals surface area (Å²) in [7, 11) is 0. The van der Waals surface area contributed by atoms with Gasteiger partial charge >= 0.3 is 0 Å². The molecule has 2 aromatic rings. The van der Waals surface area contributed by atoms with Crippen LogP contribution in [-0.4, -0.2) is 4.98 Å². The number of nitrogens with zero attached hydrogens (tertiary/aromatic N) is 2. The van der Waals surface area contributed by atoms with E-state index in [4.69, 9.17) is 11.0 Å². The van der Waals surface area contributed by atoms with Gasteiger partial charge in [0, 0.05) is 24.5 Å². The van der Waals surface area contributed by atoms with Crippen molar-refractivity contribution < 1.29 is 0 Å². The van der Waals surface area contributed by atoms with E-state index in [2.05, 4.69) is 17.1 Å². The summed E-state index contributed by atoms with van der Waals surface area (Å²) in [5.74, 6) is 0. The van der Waals surface area contributed by atoms with Crippen LogP contribution in [0.25, 0.3) is 11.1 Å². The molecular formula is C14H13N3. The van der Waals surface area contributed by atoms with Crippen LogP contribution in [0.15, 0.2) is 36.7 Å². The van der Waals surface area contributed by atoms with Crippen LogP contribution in [0.2, 0.25) is 0 Å². The summed E-state index contributed by atoms with van der Waals surface area (Å²) in [5, 5.41) is 8.85. The summed E-state index contributed by atoms with van der Waals surface area (Å²) in [5.41, 5.74) is 10.5. The lowest BCUT2D eigenvalue weighted by Gasteiger charge is -2.07. The minimum atomic E-state index is 0.539. The topological polar surface area (TPSA) is 62.7 Å². The molecule has 0 spiro atoms. The molecule has 2 N–H and O–H groups in total. The second-order valence-electron chi connectivity index (χ2n) is 3.93. The number of nitrogens with two attached hydrogens (primary N) is 1. The lowest BCUT2D eigenvalue weighted by Crippen LogP contribution is -1.97. The second kappa shape index (κ2) is 4.77. The fourth-order valence-corrected chi connectivity index (χ4v) is 1.83. The molecule has 84 valence electrons. The highest BCUT2D eigenvalue weighted by molar-refractivity contribution is 5.67. The second-order valence-corrected chi connectivity index (χ2v) is 3.93. The van der Waals surface area contributed by atoms with E-state index >= 15 is 0 Å². The number of hydrogen-bond acceptors (Lipinski definition) is 3. The molecule has 1 aromatic carbocycles. The van der Waals surface area contributed by atoms with Crippen molar-refractivity contribution in [2.75, 3.05) is 0 Å². The van der Waals surface area contributed by atoms with E-state index < -0.39 is 0 Å². The molecule has 0 saturated heterocycles. The van der Waals surface area contributed by atoms with E-state index in [0.717, 1.165) is 22.3 Å². The molecular weight excluding hydrogens is 210 g/mol. The smallest absolute Gasteiger partial charge is 0.101 e. The van der Waals surface area contributed by atoms with Crippen molar-refractivity contribution in [2.45, 2.75) is 13.5 Å². The first-order chi connectivity index (χ1) is 8.24. The van der Waals surface area contributed by atoms with Crippen LogP contribution in [0.4, 0.5) is 0 Å². The summed E-state index contributed by atoms with van der Waals surface area (Å²) in [4.78, 5) is 4.07. The van der Waals surface area contributed by atoms with Crippen LogP contribution >= 0.6 is 0 Å². The van der Waals surface area contributed by atoms with Crippen LogP contribution in [0, 0.1) is 18.3 Å². The predicted octanol–water partition coefficient (Wildman–Crippen LogP) is 2.39. The van der Waals surface area contributed by atoms with Gasteiger partial charge in [0.05, 0.1) is 5.56 Å². The normalized spacial score (nSPS) is 9.94. The first-order valence-corrected chi connectivity index (χ1v) is 5.39. The zero-order valence-corrected chi connectivity index (χ0v) is 9.64. The van der Waals surface area contributed by atoms with Gasteiger partial charge in [0.1, 0.15) is 6.07 Å². The van der Waals surface area contributed by atoms with Gasteiger partial charge in [-0.15, -0.1) is 0 Å². The maximum absolute atomic E-state index is 8.85. The Hall–Kier alpha value is -2.18. The molecule has 3 nitrogen and oxygen atoms in total. The summed E-state index contributed by atoms with van der Waals surface area (Å²) in [6, 6.07) is 10.0. The van der Waals surface area contributed by atoms with Gasteiger partial charge in [-0.3, -0.25) is 4.98 Å². The molecule has 0 aliphatic carbocycles. The SMILES string of the molecule is Cc1cc(CN)ccc1-c1cncc(C#N)c1. The average molecular weight is 223 g/mol. The molecule has 3 heteroatoms. The van der Waals surface area contributed by atoms with E-state index in [1.165, 1.54) is 0 Å². The minimum Gasteiger partial charge on any atom is -0.326 e. The predicted molar refractivity (Wildman–Crippen MR) is 67.0 cm³/mol. The zero-order valence-electron chi connectivity index (χ0n) is 9.64. The third-order valence-electron chi connectivity index (χ3n) is 2.70. The van der Waals surface area contributed by atoms with Crippen molar-refractivity contribution in [1.29, 1.82) is 5.26 Å². The Morgan fingerprint density at radius 3 is 2.76 bits per heavy atom. The largest absolute Gasteiger partial charge is 0.326 e. The van der Waals surface area contributed by atoms with Crippen LogP contribution in [0.3, 0.4) is 0 Å². The van der Waals surface area contributed by atoms with Gasteiger partial charge in [-0.2, -0.15) is 5.26 Å². The van der Waals surface area contributed by atoms with E-state index in [-0.39, 0.29) is 0 Å². The fourth-order valence-electron chi connectivity index (χ4n) is 1.83. The third-order valence-corrected chi connectivity index (χ3v) is 2.70. The summed E-state index contributed by atoms with van der Waals surface area (Å²) >= 11 is 0. The highest BCUT2D eigenvalue weighted by atomic mass is 14.6. The first kappa shape index (κ1) is 11.3. The maximum Gasteiger partial charge on any atom is 0.101 e. The minimum absolute atomic E-state index is 0.539. The molecule has 0 aliphatic rings. The lowest BCUT2D eigenvalue weighted by molar-refractivity contribution is 1.07. The number of nitriles is 1. The zero-order chi connectivity index (χ0) is 12.3. The summed E-state index contributed by atoms with van der Waals surface area (Å²) in [6.45, 7) is 2.57. The van der Waals surface area contributed by atoms with Gasteiger partial charge < -0.3 is 5.73 Å². The van der Waals surface area contributed by atoms with Crippen LogP contribution in [0.1, 0.15) is 16.7 Å². The Bertz CT molecular complexity index is 582. The number of rotatable bonds is 2. The van der Waals surface area contributed by atoms with Crippen molar-refractivity contribution in [1.82, 2.24) is 4.98 Å². The molecule has 0 amide bonds. The first-order valence-electron chi connectivity index (χ1n) is 5.39. The third kappa shape index (κ3) is 2.32. The summed E-state index contributed by atoms with van der Waals surface area (Å²) in [6.07, 6.45) is 3.33. The molecule has 2 rings (SSSR count). The standard InChI is InChI=1S/C14H13N3/c1-10-4-11(6-15)2-3-14(10)13-5-12(7-16)8-17-9-13/h2-5,8-9H,6,15H2,1H3. The lowest BCUT2D eigenvalue weighted by atomic mass is 9.99. The highest BCUT2D eigenvalue weighted by Crippen LogP contribution is 2.24. The number of hydrogen-bond donors (Lipinski definition) is 1. The van der Waals surface area contributed by atoms with Crippen LogP contribution in [-0.2, 0) is 6.54 Å². The molecule has 0 radical (unpaired) electrons. The van der Waals surface area contributed by atoms with Crippen LogP contribution < -0.4 is 5.73 Å². The molecule has 0 atom stereocenters. The number of benzene rings is 1. The average Bonchev–Trinajstić information content (AvgIpc) is 2.38. The van der Waals surface area contributed by atoms with Crippen molar-refractivity contribution >= 4 is 0 Å². The molecule has 0 unspecified atom stereocenters. The molecule has 0 bridgehead atoms. The van der Waals surface area contributed by atoms with Gasteiger partial charge in [-0.05, 0) is 29.7 Å². The molecule has 0 saturated carbocycles. The van der Waals surface area contributed by atoms with Crippen molar-refractivity contribution in [3.05, 3.63) is 53.3 Å². The maximum atomic E-state index is 8.85. The monoisotopic (exact) mass is 223 g/mol. The Labute approximate surface area is 101 Å². The Morgan fingerprint density at radius 1 is 1.29 bits per heavy atom. The number of aromatic nitrogens is 1. The van der Waals surface area contributed by atoms with Crippen molar-refractivity contribution in [2.24, 2.45) is 5.73 Å². The van der Waals surface area contributed by atoms with E-state index in [1.807, 2.05) is 25.1 Å². The summed E-state index contributed by atoms with van der Waals surface area (Å²) < 4.78 is 0. The van der Waals surface area contributed by atoms with E-state index in [1.54, 1.807) is 12.4 Å². The number of aryl methyl sites for hydroxylation is 1. The van der Waals surface area contributed by atoms with Gasteiger partial charge in [0.15, 0.2) is 0 Å². The van der Waals surface area contributed by atoms with Gasteiger partial charge in [-0.25, -0.2) is 0 Å². The highest BCUT2D eigenvalue weighted by Gasteiger charge is 2.04. The molecule has 0 aliphatic heterocycles. The van der Waals surface area contributed by atoms with Gasteiger partial charge in [-0.1, -0.05) is 18.2 Å². The van der Waals surface area contributed by atoms with Gasteiger partial charge in [0.2, 0.25) is 0 Å². The van der Waals surface area contributed by atoms with E-state index in [0.29, 0.717) is 12.1 Å². The fraction of sp³-hybridized carbons (Fsp3) is 0.143. The quantitative estimate of drug-likeness (QED) is 0.850. The number of pyridine rings is 1. The van der Waals surface area contributed by atoms with Crippen molar-refractivity contribution in [3.8, 4) is 17.2 Å². The van der Waals surface area contributed by atoms with E-state index in [9.17, 15) is 0 Å². The van der Waals surface area contributed by atoms with Crippen molar-refractivity contribution in [3.63, 3.8) is 0 Å². The Morgan fingerprint density at radius 2 is 2.12 bits per heavy atom. The molecule has 1 aromatic heterocycles. The Balaban J connectivity index is 2.49. The van der Waals surface area contributed by atoms with Gasteiger partial charge in [0.25, 0.3) is 0 Å². The molecule has 17 heavy (non-hydrogen) atoms. The molecule has 1 heterocycles. The molecule has 0 fully saturated rings. The van der Waals surface area contributed by atoms with Crippen LogP contribution in [0.5, 0.6) is 0 Å².